The van der Waals surface area contributed by atoms with Gasteiger partial charge in [-0.15, -0.1) is 11.3 Å². The van der Waals surface area contributed by atoms with Gasteiger partial charge in [-0.25, -0.2) is 12.8 Å². The van der Waals surface area contributed by atoms with Gasteiger partial charge in [-0.2, -0.15) is 4.72 Å². The molecule has 0 radical (unpaired) electrons. The number of rotatable bonds is 9. The summed E-state index contributed by atoms with van der Waals surface area (Å²) in [7, 11) is -3.30. The van der Waals surface area contributed by atoms with Crippen molar-refractivity contribution in [2.75, 3.05) is 33.4 Å². The molecule has 1 aromatic carbocycles. The summed E-state index contributed by atoms with van der Waals surface area (Å²) in [6.07, 6.45) is 1.48. The van der Waals surface area contributed by atoms with Crippen LogP contribution in [0.25, 0.3) is 11.3 Å². The minimum Gasteiger partial charge on any atom is -0.495 e. The van der Waals surface area contributed by atoms with Crippen LogP contribution < -0.4 is 14.8 Å². The van der Waals surface area contributed by atoms with Crippen molar-refractivity contribution in [1.29, 1.82) is 0 Å². The Morgan fingerprint density at radius 3 is 2.74 bits per heavy atom. The molecular weight excluding hydrogens is 571 g/mol. The third-order valence-corrected chi connectivity index (χ3v) is 8.67. The van der Waals surface area contributed by atoms with Crippen LogP contribution >= 0.6 is 22.9 Å². The monoisotopic (exact) mass is 596 g/mol. The third-order valence-electron chi connectivity index (χ3n) is 5.96. The van der Waals surface area contributed by atoms with E-state index >= 15 is 0 Å². The molecule has 2 amide bonds. The lowest BCUT2D eigenvalue weighted by Gasteiger charge is -2.36. The van der Waals surface area contributed by atoms with Crippen molar-refractivity contribution in [3.63, 3.8) is 0 Å². The van der Waals surface area contributed by atoms with E-state index in [4.69, 9.17) is 21.1 Å². The molecule has 0 saturated carbocycles. The molecule has 2 N–H and O–H groups in total. The number of benzene rings is 1. The molecule has 0 aliphatic carbocycles. The van der Waals surface area contributed by atoms with Crippen LogP contribution in [-0.2, 0) is 19.6 Å². The quantitative estimate of drug-likeness (QED) is 0.389. The maximum atomic E-state index is 14.7. The predicted octanol–water partition coefficient (Wildman–Crippen LogP) is 2.94. The minimum absolute atomic E-state index is 0.117. The SMILES string of the molecule is COc1c(-c2ccccn2)cc(F)cc1S(=O)(=O)N[C@@H](CNC(=O)c1ccc(Cl)s1)C(=O)N1CCOC[C@@H]1C. The first-order valence-corrected chi connectivity index (χ1v) is 14.5. The van der Waals surface area contributed by atoms with Gasteiger partial charge >= 0.3 is 0 Å². The van der Waals surface area contributed by atoms with Crippen LogP contribution in [0.1, 0.15) is 16.6 Å². The number of thiophene rings is 1. The highest BCUT2D eigenvalue weighted by Gasteiger charge is 2.35. The van der Waals surface area contributed by atoms with E-state index in [0.29, 0.717) is 14.9 Å². The summed E-state index contributed by atoms with van der Waals surface area (Å²) in [6.45, 7) is 2.18. The molecule has 0 bridgehead atoms. The van der Waals surface area contributed by atoms with Crippen molar-refractivity contribution in [2.24, 2.45) is 0 Å². The van der Waals surface area contributed by atoms with Gasteiger partial charge in [0.15, 0.2) is 0 Å². The molecule has 39 heavy (non-hydrogen) atoms. The minimum atomic E-state index is -4.56. The second kappa shape index (κ2) is 12.4. The number of halogens is 2. The van der Waals surface area contributed by atoms with E-state index in [9.17, 15) is 22.4 Å². The highest BCUT2D eigenvalue weighted by molar-refractivity contribution is 7.89. The van der Waals surface area contributed by atoms with Crippen LogP contribution in [0.3, 0.4) is 0 Å². The van der Waals surface area contributed by atoms with E-state index in [1.165, 1.54) is 24.3 Å². The Hall–Kier alpha value is -3.10. The van der Waals surface area contributed by atoms with Crippen LogP contribution in [0.2, 0.25) is 4.34 Å². The number of carbonyl (C=O) groups is 2. The highest BCUT2D eigenvalue weighted by atomic mass is 35.5. The van der Waals surface area contributed by atoms with Crippen molar-refractivity contribution >= 4 is 44.8 Å². The first-order chi connectivity index (χ1) is 18.6. The topological polar surface area (TPSA) is 127 Å². The lowest BCUT2D eigenvalue weighted by Crippen LogP contribution is -2.58. The number of morpholine rings is 1. The number of aromatic nitrogens is 1. The maximum Gasteiger partial charge on any atom is 0.261 e. The normalized spacial score (nSPS) is 16.5. The number of hydrogen-bond acceptors (Lipinski definition) is 8. The Balaban J connectivity index is 1.67. The van der Waals surface area contributed by atoms with Gasteiger partial charge < -0.3 is 19.7 Å². The fourth-order valence-corrected chi connectivity index (χ4v) is 6.44. The number of hydrogen-bond donors (Lipinski definition) is 2. The lowest BCUT2D eigenvalue weighted by atomic mass is 10.1. The number of sulfonamides is 1. The molecule has 1 aliphatic heterocycles. The Labute approximate surface area is 234 Å². The molecular formula is C25H26ClFN4O6S2. The van der Waals surface area contributed by atoms with Crippen LogP contribution in [0.5, 0.6) is 5.75 Å². The van der Waals surface area contributed by atoms with E-state index in [-0.39, 0.29) is 43.7 Å². The number of nitrogens with one attached hydrogen (secondary N) is 2. The summed E-state index contributed by atoms with van der Waals surface area (Å²) < 4.78 is 55.5. The standard InChI is InChI=1S/C25H26ClFN4O6S2/c1-15-14-37-10-9-31(15)25(33)19(13-29-24(32)20-6-7-22(26)38-20)30-39(34,35)21-12-16(27)11-17(23(21)36-2)18-5-3-4-8-28-18/h3-8,11-12,15,19,30H,9-10,13-14H2,1-2H3,(H,29,32)/t15-,19-/m0/s1. The van der Waals surface area contributed by atoms with Crippen molar-refractivity contribution in [3.05, 3.63) is 63.7 Å². The zero-order valence-electron chi connectivity index (χ0n) is 21.0. The van der Waals surface area contributed by atoms with Gasteiger partial charge in [-0.05, 0) is 43.3 Å². The highest BCUT2D eigenvalue weighted by Crippen LogP contribution is 2.36. The number of amides is 2. The van der Waals surface area contributed by atoms with Crippen molar-refractivity contribution < 1.29 is 31.9 Å². The third kappa shape index (κ3) is 6.73. The fraction of sp³-hybridized carbons (Fsp3) is 0.320. The van der Waals surface area contributed by atoms with Gasteiger partial charge in [-0.3, -0.25) is 14.6 Å². The fourth-order valence-electron chi connectivity index (χ4n) is 4.09. The summed E-state index contributed by atoms with van der Waals surface area (Å²) in [5.74, 6) is -2.09. The summed E-state index contributed by atoms with van der Waals surface area (Å²) in [6, 6.07) is 8.16. The van der Waals surface area contributed by atoms with E-state index < -0.39 is 38.6 Å². The molecule has 0 spiro atoms. The number of carbonyl (C=O) groups excluding carboxylic acids is 2. The molecule has 10 nitrogen and oxygen atoms in total. The zero-order chi connectivity index (χ0) is 28.2. The van der Waals surface area contributed by atoms with Gasteiger partial charge in [0.1, 0.15) is 22.5 Å². The Bertz CT molecular complexity index is 1450. The molecule has 208 valence electrons. The Morgan fingerprint density at radius 1 is 1.31 bits per heavy atom. The van der Waals surface area contributed by atoms with Crippen LogP contribution in [0.4, 0.5) is 4.39 Å². The van der Waals surface area contributed by atoms with Crippen LogP contribution in [-0.4, -0.2) is 75.6 Å². The van der Waals surface area contributed by atoms with E-state index in [1.807, 2.05) is 0 Å². The lowest BCUT2D eigenvalue weighted by molar-refractivity contribution is -0.140. The second-order valence-electron chi connectivity index (χ2n) is 8.64. The number of pyridine rings is 1. The summed E-state index contributed by atoms with van der Waals surface area (Å²) in [4.78, 5) is 31.6. The molecule has 3 aromatic rings. The Kier molecular flexibility index (Phi) is 9.18. The average Bonchev–Trinajstić information content (AvgIpc) is 3.37. The number of nitrogens with zero attached hydrogens (tertiary/aromatic N) is 2. The predicted molar refractivity (Wildman–Crippen MR) is 144 cm³/mol. The molecule has 0 unspecified atom stereocenters. The van der Waals surface area contributed by atoms with Gasteiger partial charge in [0.25, 0.3) is 5.91 Å². The van der Waals surface area contributed by atoms with E-state index in [0.717, 1.165) is 23.5 Å². The Morgan fingerprint density at radius 2 is 2.10 bits per heavy atom. The van der Waals surface area contributed by atoms with E-state index in [2.05, 4.69) is 15.0 Å². The number of methoxy groups -OCH3 is 1. The molecule has 3 heterocycles. The van der Waals surface area contributed by atoms with Gasteiger partial charge in [0, 0.05) is 24.8 Å². The van der Waals surface area contributed by atoms with Crippen molar-refractivity contribution in [1.82, 2.24) is 19.9 Å². The molecule has 14 heteroatoms. The summed E-state index contributed by atoms with van der Waals surface area (Å²) in [5, 5.41) is 2.59. The maximum absolute atomic E-state index is 14.7. The molecule has 1 aliphatic rings. The molecule has 2 atom stereocenters. The molecule has 1 fully saturated rings. The summed E-state index contributed by atoms with van der Waals surface area (Å²) in [5.41, 5.74) is 0.410. The van der Waals surface area contributed by atoms with Gasteiger partial charge in [0.05, 0.1) is 41.3 Å². The van der Waals surface area contributed by atoms with Gasteiger partial charge in [0.2, 0.25) is 15.9 Å². The van der Waals surface area contributed by atoms with Crippen LogP contribution in [0, 0.1) is 5.82 Å². The average molecular weight is 597 g/mol. The zero-order valence-corrected chi connectivity index (χ0v) is 23.4. The molecule has 2 aromatic heterocycles. The largest absolute Gasteiger partial charge is 0.495 e. The van der Waals surface area contributed by atoms with Crippen LogP contribution in [0.15, 0.2) is 53.6 Å². The smallest absolute Gasteiger partial charge is 0.261 e. The first-order valence-electron chi connectivity index (χ1n) is 11.8. The second-order valence-corrected chi connectivity index (χ2v) is 12.0. The molecule has 1 saturated heterocycles. The first kappa shape index (κ1) is 28.9. The molecule has 4 rings (SSSR count). The van der Waals surface area contributed by atoms with E-state index in [1.54, 1.807) is 31.2 Å². The number of ether oxygens (including phenoxy) is 2. The van der Waals surface area contributed by atoms with Crippen molar-refractivity contribution in [2.45, 2.75) is 23.9 Å². The summed E-state index contributed by atoms with van der Waals surface area (Å²) >= 11 is 6.95. The van der Waals surface area contributed by atoms with Gasteiger partial charge in [-0.1, -0.05) is 17.7 Å². The van der Waals surface area contributed by atoms with Crippen molar-refractivity contribution in [3.8, 4) is 17.0 Å².